The molecule has 0 aromatic rings. The van der Waals surface area contributed by atoms with Gasteiger partial charge in [-0.1, -0.05) is 51.5 Å². The Morgan fingerprint density at radius 3 is 2.48 bits per heavy atom. The number of aliphatic carboxylic acids is 1. The Balaban J connectivity index is 2.25. The van der Waals surface area contributed by atoms with E-state index in [0.29, 0.717) is 12.3 Å². The van der Waals surface area contributed by atoms with Crippen molar-refractivity contribution in [3.63, 3.8) is 0 Å². The van der Waals surface area contributed by atoms with Crippen LogP contribution in [0.2, 0.25) is 0 Å². The van der Waals surface area contributed by atoms with Crippen molar-refractivity contribution < 1.29 is 44.5 Å². The fraction of sp³-hybridized carbons (Fsp3) is 0.783. The number of hydrogen-bond acceptors (Lipinski definition) is 9. The summed E-state index contributed by atoms with van der Waals surface area (Å²) >= 11 is 0. The van der Waals surface area contributed by atoms with Gasteiger partial charge >= 0.3 is 5.97 Å². The van der Waals surface area contributed by atoms with Crippen molar-refractivity contribution >= 4 is 5.97 Å². The second-order valence-corrected chi connectivity index (χ2v) is 9.25. The molecule has 0 amide bonds. The Morgan fingerprint density at radius 1 is 1.21 bits per heavy atom. The topological polar surface area (TPSA) is 172 Å². The highest BCUT2D eigenvalue weighted by atomic mass is 16.7. The number of carboxylic acids is 1. The molecule has 2 aliphatic heterocycles. The Bertz CT molecular complexity index is 685. The Morgan fingerprint density at radius 2 is 1.88 bits per heavy atom. The maximum Gasteiger partial charge on any atom is 0.311 e. The first-order chi connectivity index (χ1) is 15.5. The molecule has 2 fully saturated rings. The van der Waals surface area contributed by atoms with Crippen LogP contribution in [0, 0.1) is 11.8 Å². The molecule has 10 heteroatoms. The molecule has 33 heavy (non-hydrogen) atoms. The van der Waals surface area contributed by atoms with Crippen LogP contribution in [0.3, 0.4) is 0 Å². The van der Waals surface area contributed by atoms with E-state index in [4.69, 9.17) is 19.9 Å². The SMILES string of the molecule is CCCC1(O)C[C@H](O)C(C(=O)O)[C@H](CC(/C=C/C=C/C(C)C)OC2OCC(O)[C@H](N)[C@@H]2O)O1. The summed E-state index contributed by atoms with van der Waals surface area (Å²) in [4.78, 5) is 11.9. The summed E-state index contributed by atoms with van der Waals surface area (Å²) < 4.78 is 17.1. The quantitative estimate of drug-likeness (QED) is 0.242. The van der Waals surface area contributed by atoms with Gasteiger partial charge in [0.15, 0.2) is 12.1 Å². The highest BCUT2D eigenvalue weighted by Crippen LogP contribution is 2.37. The minimum Gasteiger partial charge on any atom is -0.481 e. The number of carbonyl (C=O) groups is 1. The van der Waals surface area contributed by atoms with Crippen LogP contribution in [-0.2, 0) is 19.0 Å². The van der Waals surface area contributed by atoms with E-state index in [1.165, 1.54) is 0 Å². The number of aliphatic hydroxyl groups is 4. The molecule has 0 saturated carbocycles. The molecular weight excluding hydrogens is 434 g/mol. The molecule has 7 N–H and O–H groups in total. The highest BCUT2D eigenvalue weighted by Gasteiger charge is 2.49. The number of hydrogen-bond donors (Lipinski definition) is 6. The molecule has 0 radical (unpaired) electrons. The van der Waals surface area contributed by atoms with Gasteiger partial charge in [-0.05, 0) is 5.92 Å². The van der Waals surface area contributed by atoms with Gasteiger partial charge in [0.05, 0.1) is 37.1 Å². The zero-order valence-electron chi connectivity index (χ0n) is 19.5. The molecule has 2 aliphatic rings. The van der Waals surface area contributed by atoms with Gasteiger partial charge in [0.2, 0.25) is 0 Å². The van der Waals surface area contributed by atoms with Crippen LogP contribution in [0.4, 0.5) is 0 Å². The number of aliphatic hydroxyl groups excluding tert-OH is 3. The van der Waals surface area contributed by atoms with Gasteiger partial charge in [-0.2, -0.15) is 0 Å². The summed E-state index contributed by atoms with van der Waals surface area (Å²) in [5.41, 5.74) is 5.82. The number of carboxylic acid groups (broad SMARTS) is 1. The van der Waals surface area contributed by atoms with Gasteiger partial charge in [-0.3, -0.25) is 4.79 Å². The summed E-state index contributed by atoms with van der Waals surface area (Å²) in [5.74, 6) is -3.85. The lowest BCUT2D eigenvalue weighted by atomic mass is 9.83. The number of rotatable bonds is 10. The first kappa shape index (κ1) is 27.9. The summed E-state index contributed by atoms with van der Waals surface area (Å²) in [7, 11) is 0. The lowest BCUT2D eigenvalue weighted by Crippen LogP contribution is -2.59. The Kier molecular flexibility index (Phi) is 10.4. The van der Waals surface area contributed by atoms with E-state index in [0.717, 1.165) is 0 Å². The number of nitrogens with two attached hydrogens (primary N) is 1. The fourth-order valence-electron chi connectivity index (χ4n) is 4.16. The van der Waals surface area contributed by atoms with Gasteiger partial charge < -0.3 is 45.5 Å². The predicted octanol–water partition coefficient (Wildman–Crippen LogP) is 0.275. The molecule has 9 atom stereocenters. The number of allylic oxidation sites excluding steroid dienone is 3. The second kappa shape index (κ2) is 12.4. The average Bonchev–Trinajstić information content (AvgIpc) is 2.70. The van der Waals surface area contributed by atoms with Crippen molar-refractivity contribution in [3.8, 4) is 0 Å². The largest absolute Gasteiger partial charge is 0.481 e. The van der Waals surface area contributed by atoms with E-state index in [2.05, 4.69) is 0 Å². The van der Waals surface area contributed by atoms with Gasteiger partial charge in [0, 0.05) is 19.3 Å². The lowest BCUT2D eigenvalue weighted by molar-refractivity contribution is -0.300. The van der Waals surface area contributed by atoms with E-state index in [1.54, 1.807) is 12.2 Å². The summed E-state index contributed by atoms with van der Waals surface area (Å²) in [5, 5.41) is 51.1. The van der Waals surface area contributed by atoms with Gasteiger partial charge in [-0.15, -0.1) is 0 Å². The third kappa shape index (κ3) is 7.83. The van der Waals surface area contributed by atoms with E-state index in [1.807, 2.05) is 32.9 Å². The third-order valence-electron chi connectivity index (χ3n) is 5.89. The van der Waals surface area contributed by atoms with E-state index < -0.39 is 60.5 Å². The first-order valence-corrected chi connectivity index (χ1v) is 11.5. The molecule has 2 heterocycles. The second-order valence-electron chi connectivity index (χ2n) is 9.25. The zero-order chi connectivity index (χ0) is 24.8. The first-order valence-electron chi connectivity index (χ1n) is 11.5. The molecule has 5 unspecified atom stereocenters. The minimum absolute atomic E-state index is 0.0313. The van der Waals surface area contributed by atoms with Crippen molar-refractivity contribution in [1.82, 2.24) is 0 Å². The summed E-state index contributed by atoms with van der Waals surface area (Å²) in [6, 6.07) is -0.969. The lowest BCUT2D eigenvalue weighted by Gasteiger charge is -2.44. The van der Waals surface area contributed by atoms with Crippen molar-refractivity contribution in [2.45, 2.75) is 95.1 Å². The van der Waals surface area contributed by atoms with E-state index in [-0.39, 0.29) is 25.9 Å². The molecule has 2 saturated heterocycles. The molecule has 10 nitrogen and oxygen atoms in total. The van der Waals surface area contributed by atoms with E-state index >= 15 is 0 Å². The van der Waals surface area contributed by atoms with Gasteiger partial charge in [0.25, 0.3) is 0 Å². The molecule has 0 aromatic carbocycles. The average molecular weight is 474 g/mol. The van der Waals surface area contributed by atoms with Crippen LogP contribution in [0.5, 0.6) is 0 Å². The maximum absolute atomic E-state index is 11.9. The summed E-state index contributed by atoms with van der Waals surface area (Å²) in [6.45, 7) is 5.75. The summed E-state index contributed by atoms with van der Waals surface area (Å²) in [6.07, 6.45) is 1.07. The zero-order valence-corrected chi connectivity index (χ0v) is 19.5. The maximum atomic E-state index is 11.9. The van der Waals surface area contributed by atoms with Crippen molar-refractivity contribution in [2.75, 3.05) is 6.61 Å². The molecule has 0 spiro atoms. The van der Waals surface area contributed by atoms with Crippen LogP contribution in [0.1, 0.15) is 46.5 Å². The van der Waals surface area contributed by atoms with Crippen LogP contribution in [-0.4, -0.2) is 86.7 Å². The van der Waals surface area contributed by atoms with Gasteiger partial charge in [-0.25, -0.2) is 0 Å². The normalized spacial score (nSPS) is 38.9. The minimum atomic E-state index is -1.65. The van der Waals surface area contributed by atoms with Crippen LogP contribution in [0.25, 0.3) is 0 Å². The van der Waals surface area contributed by atoms with E-state index in [9.17, 15) is 30.3 Å². The molecular formula is C23H39NO9. The van der Waals surface area contributed by atoms with Crippen LogP contribution >= 0.6 is 0 Å². The van der Waals surface area contributed by atoms with Crippen molar-refractivity contribution in [1.29, 1.82) is 0 Å². The number of ether oxygens (including phenoxy) is 3. The van der Waals surface area contributed by atoms with Gasteiger partial charge in [0.1, 0.15) is 12.0 Å². The highest BCUT2D eigenvalue weighted by molar-refractivity contribution is 5.71. The van der Waals surface area contributed by atoms with Crippen LogP contribution < -0.4 is 5.73 Å². The Labute approximate surface area is 194 Å². The smallest absolute Gasteiger partial charge is 0.311 e. The van der Waals surface area contributed by atoms with Crippen LogP contribution in [0.15, 0.2) is 24.3 Å². The predicted molar refractivity (Wildman–Crippen MR) is 119 cm³/mol. The molecule has 2 rings (SSSR count). The molecule has 0 aliphatic carbocycles. The van der Waals surface area contributed by atoms with Crippen molar-refractivity contribution in [2.24, 2.45) is 17.6 Å². The van der Waals surface area contributed by atoms with Crippen molar-refractivity contribution in [3.05, 3.63) is 24.3 Å². The third-order valence-corrected chi connectivity index (χ3v) is 5.89. The Hall–Kier alpha value is -1.37. The molecule has 0 bridgehead atoms. The molecule has 190 valence electrons. The molecule has 0 aromatic heterocycles. The standard InChI is InChI=1S/C23H39NO9/c1-4-9-23(30)11-15(25)18(21(28)29)17(33-23)10-14(8-6-5-7-13(2)3)32-22-20(27)19(24)16(26)12-31-22/h5-8,13-20,22,25-27,30H,4,9-12,24H2,1-3H3,(H,28,29)/b7-5+,8-6+/t14?,15-,16?,17-,18?,19-,20-,22?,23?/m0/s1. The fourth-order valence-corrected chi connectivity index (χ4v) is 4.16. The monoisotopic (exact) mass is 473 g/mol.